The first-order valence-corrected chi connectivity index (χ1v) is 7.27. The van der Waals surface area contributed by atoms with Gasteiger partial charge in [0.05, 0.1) is 12.8 Å². The molecule has 1 aromatic rings. The van der Waals surface area contributed by atoms with Crippen molar-refractivity contribution < 1.29 is 13.2 Å². The Labute approximate surface area is 101 Å². The highest BCUT2D eigenvalue weighted by Crippen LogP contribution is 2.16. The first kappa shape index (κ1) is 13.9. The number of methoxy groups -OCH3 is 1. The Morgan fingerprint density at radius 3 is 2.76 bits per heavy atom. The van der Waals surface area contributed by atoms with Crippen LogP contribution in [-0.2, 0) is 9.84 Å². The maximum atomic E-state index is 11.0. The Balaban J connectivity index is 2.54. The molecule has 0 aliphatic heterocycles. The highest BCUT2D eigenvalue weighted by atomic mass is 32.2. The maximum Gasteiger partial charge on any atom is 0.216 e. The summed E-state index contributed by atoms with van der Waals surface area (Å²) >= 11 is 0. The Bertz CT molecular complexity index is 462. The standard InChI is InChI=1S/C10H17N3O3S/c1-16-10-6-9(12-7-13-10)8(11)4-3-5-17(2,14)15/h6-8H,3-5,11H2,1-2H3. The van der Waals surface area contributed by atoms with Gasteiger partial charge in [-0.25, -0.2) is 18.4 Å². The molecular formula is C10H17N3O3S. The molecular weight excluding hydrogens is 242 g/mol. The number of hydrogen-bond acceptors (Lipinski definition) is 6. The predicted molar refractivity (Wildman–Crippen MR) is 64.5 cm³/mol. The minimum atomic E-state index is -2.93. The van der Waals surface area contributed by atoms with Crippen LogP contribution < -0.4 is 10.5 Å². The molecule has 1 heterocycles. The van der Waals surface area contributed by atoms with E-state index < -0.39 is 9.84 Å². The number of nitrogens with two attached hydrogens (primary N) is 1. The van der Waals surface area contributed by atoms with Crippen molar-refractivity contribution in [2.75, 3.05) is 19.1 Å². The van der Waals surface area contributed by atoms with E-state index in [0.29, 0.717) is 24.4 Å². The number of nitrogens with zero attached hydrogens (tertiary/aromatic N) is 2. The molecule has 0 radical (unpaired) electrons. The highest BCUT2D eigenvalue weighted by Gasteiger charge is 2.10. The van der Waals surface area contributed by atoms with Crippen LogP contribution >= 0.6 is 0 Å². The molecule has 0 aliphatic rings. The van der Waals surface area contributed by atoms with E-state index in [1.807, 2.05) is 0 Å². The number of ether oxygens (including phenoxy) is 1. The van der Waals surface area contributed by atoms with Crippen LogP contribution in [0.15, 0.2) is 12.4 Å². The minimum absolute atomic E-state index is 0.142. The Kier molecular flexibility index (Phi) is 4.83. The van der Waals surface area contributed by atoms with Gasteiger partial charge in [0.1, 0.15) is 16.2 Å². The van der Waals surface area contributed by atoms with E-state index in [2.05, 4.69) is 9.97 Å². The molecule has 0 saturated carbocycles. The third-order valence-corrected chi connectivity index (χ3v) is 3.31. The van der Waals surface area contributed by atoms with Crippen molar-refractivity contribution in [3.8, 4) is 5.88 Å². The Morgan fingerprint density at radius 2 is 2.18 bits per heavy atom. The monoisotopic (exact) mass is 259 g/mol. The number of rotatable bonds is 6. The second kappa shape index (κ2) is 5.92. The fourth-order valence-corrected chi connectivity index (χ4v) is 2.07. The largest absolute Gasteiger partial charge is 0.481 e. The molecule has 0 fully saturated rings. The summed E-state index contributed by atoms with van der Waals surface area (Å²) in [6.45, 7) is 0. The van der Waals surface area contributed by atoms with Crippen LogP contribution in [0.3, 0.4) is 0 Å². The summed E-state index contributed by atoms with van der Waals surface area (Å²) in [6.07, 6.45) is 3.68. The van der Waals surface area contributed by atoms with E-state index in [1.54, 1.807) is 6.07 Å². The lowest BCUT2D eigenvalue weighted by Crippen LogP contribution is -2.14. The summed E-state index contributed by atoms with van der Waals surface area (Å²) in [7, 11) is -1.41. The van der Waals surface area contributed by atoms with Crippen LogP contribution in [0.2, 0.25) is 0 Å². The van der Waals surface area contributed by atoms with Crippen molar-refractivity contribution in [2.45, 2.75) is 18.9 Å². The van der Waals surface area contributed by atoms with Crippen molar-refractivity contribution in [3.05, 3.63) is 18.1 Å². The molecule has 0 saturated heterocycles. The van der Waals surface area contributed by atoms with Crippen LogP contribution in [0.25, 0.3) is 0 Å². The lowest BCUT2D eigenvalue weighted by molar-refractivity contribution is 0.394. The lowest BCUT2D eigenvalue weighted by Gasteiger charge is -2.10. The number of sulfone groups is 1. The van der Waals surface area contributed by atoms with Gasteiger partial charge in [-0.3, -0.25) is 0 Å². The first-order chi connectivity index (χ1) is 7.92. The van der Waals surface area contributed by atoms with E-state index in [-0.39, 0.29) is 11.8 Å². The zero-order valence-electron chi connectivity index (χ0n) is 9.96. The molecule has 7 heteroatoms. The summed E-state index contributed by atoms with van der Waals surface area (Å²) in [5.41, 5.74) is 6.57. The smallest absolute Gasteiger partial charge is 0.216 e. The van der Waals surface area contributed by atoms with Gasteiger partial charge in [-0.05, 0) is 12.8 Å². The molecule has 6 nitrogen and oxygen atoms in total. The molecule has 17 heavy (non-hydrogen) atoms. The zero-order chi connectivity index (χ0) is 12.9. The van der Waals surface area contributed by atoms with E-state index in [0.717, 1.165) is 0 Å². The van der Waals surface area contributed by atoms with Gasteiger partial charge >= 0.3 is 0 Å². The number of hydrogen-bond donors (Lipinski definition) is 1. The van der Waals surface area contributed by atoms with Gasteiger partial charge in [-0.15, -0.1) is 0 Å². The summed E-state index contributed by atoms with van der Waals surface area (Å²) in [5.74, 6) is 0.594. The summed E-state index contributed by atoms with van der Waals surface area (Å²) in [6, 6.07) is 1.36. The van der Waals surface area contributed by atoms with Gasteiger partial charge in [0, 0.05) is 24.1 Å². The summed E-state index contributed by atoms with van der Waals surface area (Å²) in [5, 5.41) is 0. The first-order valence-electron chi connectivity index (χ1n) is 5.21. The quantitative estimate of drug-likeness (QED) is 0.790. The zero-order valence-corrected chi connectivity index (χ0v) is 10.8. The van der Waals surface area contributed by atoms with Crippen molar-refractivity contribution >= 4 is 9.84 Å². The van der Waals surface area contributed by atoms with Gasteiger partial charge in [-0.1, -0.05) is 0 Å². The highest BCUT2D eigenvalue weighted by molar-refractivity contribution is 7.90. The molecule has 1 aromatic heterocycles. The van der Waals surface area contributed by atoms with E-state index in [1.165, 1.54) is 19.7 Å². The summed E-state index contributed by atoms with van der Waals surface area (Å²) in [4.78, 5) is 7.91. The molecule has 0 spiro atoms. The van der Waals surface area contributed by atoms with Gasteiger partial charge in [0.25, 0.3) is 0 Å². The van der Waals surface area contributed by atoms with E-state index in [9.17, 15) is 8.42 Å². The molecule has 0 aromatic carbocycles. The van der Waals surface area contributed by atoms with Gasteiger partial charge in [0.15, 0.2) is 0 Å². The minimum Gasteiger partial charge on any atom is -0.481 e. The van der Waals surface area contributed by atoms with Crippen LogP contribution in [0.4, 0.5) is 0 Å². The van der Waals surface area contributed by atoms with Crippen molar-refractivity contribution in [3.63, 3.8) is 0 Å². The average Bonchev–Trinajstić information content (AvgIpc) is 2.27. The van der Waals surface area contributed by atoms with Gasteiger partial charge in [0.2, 0.25) is 5.88 Å². The van der Waals surface area contributed by atoms with Gasteiger partial charge < -0.3 is 10.5 Å². The fraction of sp³-hybridized carbons (Fsp3) is 0.600. The lowest BCUT2D eigenvalue weighted by atomic mass is 10.1. The number of aromatic nitrogens is 2. The molecule has 1 rings (SSSR count). The van der Waals surface area contributed by atoms with Crippen LogP contribution in [-0.4, -0.2) is 37.5 Å². The second-order valence-electron chi connectivity index (χ2n) is 3.86. The second-order valence-corrected chi connectivity index (χ2v) is 6.12. The maximum absolute atomic E-state index is 11.0. The Hall–Kier alpha value is -1.21. The summed E-state index contributed by atoms with van der Waals surface area (Å²) < 4.78 is 26.9. The molecule has 96 valence electrons. The van der Waals surface area contributed by atoms with Gasteiger partial charge in [-0.2, -0.15) is 0 Å². The third-order valence-electron chi connectivity index (χ3n) is 2.28. The molecule has 1 unspecified atom stereocenters. The van der Waals surface area contributed by atoms with Crippen molar-refractivity contribution in [1.82, 2.24) is 9.97 Å². The third kappa shape index (κ3) is 5.10. The molecule has 2 N–H and O–H groups in total. The molecule has 1 atom stereocenters. The topological polar surface area (TPSA) is 95.2 Å². The SMILES string of the molecule is COc1cc(C(N)CCCS(C)(=O)=O)ncn1. The fourth-order valence-electron chi connectivity index (χ4n) is 1.38. The van der Waals surface area contributed by atoms with E-state index in [4.69, 9.17) is 10.5 Å². The Morgan fingerprint density at radius 1 is 1.47 bits per heavy atom. The van der Waals surface area contributed by atoms with Crippen LogP contribution in [0.5, 0.6) is 5.88 Å². The normalized spacial score (nSPS) is 13.4. The van der Waals surface area contributed by atoms with Crippen molar-refractivity contribution in [1.29, 1.82) is 0 Å². The predicted octanol–water partition coefficient (Wildman–Crippen LogP) is 0.310. The average molecular weight is 259 g/mol. The molecule has 0 amide bonds. The molecule has 0 aliphatic carbocycles. The van der Waals surface area contributed by atoms with E-state index >= 15 is 0 Å². The van der Waals surface area contributed by atoms with Crippen LogP contribution in [0.1, 0.15) is 24.6 Å². The molecule has 0 bridgehead atoms. The van der Waals surface area contributed by atoms with Crippen molar-refractivity contribution in [2.24, 2.45) is 5.73 Å². The van der Waals surface area contributed by atoms with Crippen LogP contribution in [0, 0.1) is 0 Å².